The van der Waals surface area contributed by atoms with Crippen LogP contribution in [0.15, 0.2) is 42.5 Å². The molecule has 0 aliphatic carbocycles. The molecule has 3 aliphatic heterocycles. The van der Waals surface area contributed by atoms with Gasteiger partial charge in [0.2, 0.25) is 11.8 Å². The van der Waals surface area contributed by atoms with Crippen molar-refractivity contribution in [2.24, 2.45) is 5.41 Å². The van der Waals surface area contributed by atoms with E-state index in [1.54, 1.807) is 13.2 Å². The summed E-state index contributed by atoms with van der Waals surface area (Å²) in [6, 6.07) is 9.17. The number of urea groups is 1. The maximum absolute atomic E-state index is 13.6. The molecule has 0 saturated carbocycles. The van der Waals surface area contributed by atoms with Gasteiger partial charge < -0.3 is 14.5 Å². The number of anilines is 2. The first kappa shape index (κ1) is 23.0. The normalized spacial score (nSPS) is 24.3. The van der Waals surface area contributed by atoms with Gasteiger partial charge in [-0.2, -0.15) is 13.2 Å². The van der Waals surface area contributed by atoms with E-state index in [0.29, 0.717) is 24.5 Å². The van der Waals surface area contributed by atoms with Crippen LogP contribution in [-0.4, -0.2) is 62.6 Å². The second-order valence-electron chi connectivity index (χ2n) is 8.94. The fraction of sp³-hybridized carbons (Fsp3) is 0.375. The van der Waals surface area contributed by atoms with E-state index in [1.807, 2.05) is 28.0 Å². The molecule has 0 unspecified atom stereocenters. The molecule has 2 fully saturated rings. The fourth-order valence-corrected chi connectivity index (χ4v) is 5.44. The highest BCUT2D eigenvalue weighted by Crippen LogP contribution is 2.47. The minimum atomic E-state index is -4.58. The number of nitrogens with zero attached hydrogens (tertiary/aromatic N) is 3. The van der Waals surface area contributed by atoms with Crippen LogP contribution in [0.4, 0.5) is 29.3 Å². The number of imide groups is 2. The summed E-state index contributed by atoms with van der Waals surface area (Å²) in [7, 11) is 2.81. The van der Waals surface area contributed by atoms with Gasteiger partial charge >= 0.3 is 12.2 Å². The lowest BCUT2D eigenvalue weighted by molar-refractivity contribution is -0.152. The molecule has 1 spiro atoms. The highest BCUT2D eigenvalue weighted by molar-refractivity contribution is 6.20. The van der Waals surface area contributed by atoms with E-state index in [9.17, 15) is 27.6 Å². The number of halogens is 3. The van der Waals surface area contributed by atoms with Crippen LogP contribution in [-0.2, 0) is 22.2 Å². The van der Waals surface area contributed by atoms with E-state index in [1.165, 1.54) is 13.1 Å². The van der Waals surface area contributed by atoms with Gasteiger partial charge in [0.15, 0.2) is 5.41 Å². The average Bonchev–Trinajstić information content (AvgIpc) is 2.85. The lowest BCUT2D eigenvalue weighted by atomic mass is 9.67. The predicted octanol–water partition coefficient (Wildman–Crippen LogP) is 2.66. The molecule has 2 aromatic rings. The molecule has 0 bridgehead atoms. The smallest absolute Gasteiger partial charge is 0.416 e. The Morgan fingerprint density at radius 2 is 1.80 bits per heavy atom. The number of ether oxygens (including phenoxy) is 1. The van der Waals surface area contributed by atoms with Gasteiger partial charge in [-0.3, -0.25) is 19.8 Å². The largest absolute Gasteiger partial charge is 0.495 e. The van der Waals surface area contributed by atoms with Gasteiger partial charge in [0, 0.05) is 32.4 Å². The zero-order valence-electron chi connectivity index (χ0n) is 19.1. The number of carbonyl (C=O) groups is 3. The molecule has 35 heavy (non-hydrogen) atoms. The zero-order chi connectivity index (χ0) is 25.1. The highest BCUT2D eigenvalue weighted by atomic mass is 19.4. The van der Waals surface area contributed by atoms with Crippen molar-refractivity contribution in [3.63, 3.8) is 0 Å². The molecule has 3 aliphatic rings. The molecule has 2 saturated heterocycles. The molecular weight excluding hydrogens is 465 g/mol. The Morgan fingerprint density at radius 3 is 2.51 bits per heavy atom. The first-order valence-electron chi connectivity index (χ1n) is 11.1. The summed E-state index contributed by atoms with van der Waals surface area (Å²) in [5.41, 5.74) is -1.07. The van der Waals surface area contributed by atoms with Gasteiger partial charge in [0.05, 0.1) is 24.4 Å². The molecule has 0 aromatic heterocycles. The summed E-state index contributed by atoms with van der Waals surface area (Å²) in [6.07, 6.45) is -4.83. The van der Waals surface area contributed by atoms with Crippen molar-refractivity contribution in [3.05, 3.63) is 53.6 Å². The van der Waals surface area contributed by atoms with Crippen molar-refractivity contribution < 1.29 is 32.3 Å². The summed E-state index contributed by atoms with van der Waals surface area (Å²) in [6.45, 7) is 1.06. The van der Waals surface area contributed by atoms with Crippen LogP contribution in [0.2, 0.25) is 0 Å². The third-order valence-corrected chi connectivity index (χ3v) is 7.18. The number of hydrogen-bond donors (Lipinski definition) is 1. The Hall–Kier alpha value is -3.76. The number of rotatable bonds is 2. The Kier molecular flexibility index (Phi) is 5.19. The maximum atomic E-state index is 13.6. The van der Waals surface area contributed by atoms with Crippen molar-refractivity contribution in [1.29, 1.82) is 0 Å². The number of carbonyl (C=O) groups excluding carboxylic acids is 3. The second kappa shape index (κ2) is 7.89. The Bertz CT molecular complexity index is 1230. The molecule has 4 amide bonds. The monoisotopic (exact) mass is 488 g/mol. The molecule has 1 N–H and O–H groups in total. The lowest BCUT2D eigenvalue weighted by Crippen LogP contribution is -2.74. The zero-order valence-corrected chi connectivity index (χ0v) is 19.1. The molecule has 8 nitrogen and oxygen atoms in total. The molecule has 5 rings (SSSR count). The summed E-state index contributed by atoms with van der Waals surface area (Å²) in [4.78, 5) is 43.8. The van der Waals surface area contributed by atoms with Gasteiger partial charge in [-0.25, -0.2) is 4.79 Å². The van der Waals surface area contributed by atoms with Gasteiger partial charge in [0.1, 0.15) is 5.75 Å². The lowest BCUT2D eigenvalue weighted by Gasteiger charge is -2.55. The van der Waals surface area contributed by atoms with E-state index < -0.39 is 41.0 Å². The number of piperazine rings is 1. The van der Waals surface area contributed by atoms with E-state index in [4.69, 9.17) is 4.74 Å². The predicted molar refractivity (Wildman–Crippen MR) is 120 cm³/mol. The number of barbiturate groups is 1. The number of amides is 4. The minimum Gasteiger partial charge on any atom is -0.495 e. The molecule has 0 radical (unpaired) electrons. The summed E-state index contributed by atoms with van der Waals surface area (Å²) >= 11 is 0. The van der Waals surface area contributed by atoms with Crippen molar-refractivity contribution in [2.45, 2.75) is 18.6 Å². The van der Waals surface area contributed by atoms with Crippen molar-refractivity contribution in [3.8, 4) is 5.75 Å². The number of hydrogen-bond acceptors (Lipinski definition) is 6. The van der Waals surface area contributed by atoms with Gasteiger partial charge in [-0.1, -0.05) is 12.1 Å². The summed E-state index contributed by atoms with van der Waals surface area (Å²) in [5.74, 6) is -0.913. The van der Waals surface area contributed by atoms with E-state index in [-0.39, 0.29) is 18.5 Å². The van der Waals surface area contributed by atoms with E-state index >= 15 is 0 Å². The van der Waals surface area contributed by atoms with E-state index in [0.717, 1.165) is 22.7 Å². The van der Waals surface area contributed by atoms with Gasteiger partial charge in [-0.05, 0) is 42.3 Å². The molecule has 11 heteroatoms. The number of benzene rings is 2. The number of methoxy groups -OCH3 is 1. The van der Waals surface area contributed by atoms with Crippen LogP contribution in [0.5, 0.6) is 5.75 Å². The fourth-order valence-electron chi connectivity index (χ4n) is 5.44. The molecular formula is C24H23F3N4O4. The first-order chi connectivity index (χ1) is 16.6. The van der Waals surface area contributed by atoms with Crippen LogP contribution in [0, 0.1) is 5.41 Å². The minimum absolute atomic E-state index is 0.224. The summed E-state index contributed by atoms with van der Waals surface area (Å²) < 4.78 is 45.9. The van der Waals surface area contributed by atoms with Crippen molar-refractivity contribution in [2.75, 3.05) is 43.6 Å². The topological polar surface area (TPSA) is 82.2 Å². The average molecular weight is 488 g/mol. The molecule has 184 valence electrons. The van der Waals surface area contributed by atoms with Gasteiger partial charge in [-0.15, -0.1) is 0 Å². The Morgan fingerprint density at radius 1 is 1.06 bits per heavy atom. The standard InChI is InChI=1S/C24H23F3N4O4/c1-29-21(33)23(20(32)28-22(29)34)12-14-11-15(24(25,26)27)7-8-16(14)31-10-9-30(13-19(23)31)17-5-3-4-6-18(17)35-2/h3-8,11,19H,9-10,12-13H2,1-2H3,(H,28,32,34)/t19-,23-/m1/s1. The maximum Gasteiger partial charge on any atom is 0.416 e. The van der Waals surface area contributed by atoms with Crippen LogP contribution in [0.25, 0.3) is 0 Å². The number of fused-ring (bicyclic) bond motifs is 4. The molecule has 2 aromatic carbocycles. The van der Waals surface area contributed by atoms with Crippen LogP contribution < -0.4 is 19.9 Å². The summed E-state index contributed by atoms with van der Waals surface area (Å²) in [5, 5.41) is 2.24. The quantitative estimate of drug-likeness (QED) is 0.655. The Balaban J connectivity index is 1.64. The van der Waals surface area contributed by atoms with Gasteiger partial charge in [0.25, 0.3) is 0 Å². The first-order valence-corrected chi connectivity index (χ1v) is 11.1. The van der Waals surface area contributed by atoms with Crippen molar-refractivity contribution in [1.82, 2.24) is 10.2 Å². The SMILES string of the molecule is COc1ccccc1N1CCN2c3ccc(C(F)(F)F)cc3C[C@]3(C(=O)NC(=O)N(C)C3=O)[C@H]2C1. The van der Waals surface area contributed by atoms with Crippen molar-refractivity contribution >= 4 is 29.2 Å². The third-order valence-electron chi connectivity index (χ3n) is 7.18. The molecule has 3 heterocycles. The number of nitrogens with one attached hydrogen (secondary N) is 1. The third kappa shape index (κ3) is 3.40. The Labute approximate surface area is 199 Å². The van der Waals surface area contributed by atoms with Crippen LogP contribution >= 0.6 is 0 Å². The highest BCUT2D eigenvalue weighted by Gasteiger charge is 2.62. The van der Waals surface area contributed by atoms with Crippen LogP contribution in [0.3, 0.4) is 0 Å². The number of para-hydroxylation sites is 2. The second-order valence-corrected chi connectivity index (χ2v) is 8.94. The molecule has 2 atom stereocenters. The number of alkyl halides is 3. The van der Waals surface area contributed by atoms with E-state index in [2.05, 4.69) is 5.32 Å². The van der Waals surface area contributed by atoms with Crippen LogP contribution in [0.1, 0.15) is 11.1 Å².